The van der Waals surface area contributed by atoms with Crippen LogP contribution in [0.25, 0.3) is 0 Å². The molecule has 2 unspecified atom stereocenters. The van der Waals surface area contributed by atoms with E-state index in [9.17, 15) is 0 Å². The highest BCUT2D eigenvalue weighted by atomic mass is 29.2. The Hall–Kier alpha value is -0.156. The van der Waals surface area contributed by atoms with Crippen molar-refractivity contribution < 1.29 is 0 Å². The fraction of sp³-hybridized carbons (Fsp3) is 0.870. The summed E-state index contributed by atoms with van der Waals surface area (Å²) in [7, 11) is -2.23. The van der Waals surface area contributed by atoms with Gasteiger partial charge in [-0.05, 0) is 32.3 Å². The first-order chi connectivity index (χ1) is 12.5. The van der Waals surface area contributed by atoms with Crippen LogP contribution in [0.15, 0.2) is 15.4 Å². The van der Waals surface area contributed by atoms with Gasteiger partial charge in [0.25, 0.3) is 0 Å². The largest absolute Gasteiger partial charge is 0.332 e. The van der Waals surface area contributed by atoms with E-state index in [0.717, 1.165) is 0 Å². The zero-order chi connectivity index (χ0) is 19.4. The van der Waals surface area contributed by atoms with Gasteiger partial charge in [-0.15, -0.1) is 0 Å². The Labute approximate surface area is 167 Å². The summed E-state index contributed by atoms with van der Waals surface area (Å²) in [5, 5.41) is 1.94. The molecule has 1 heterocycles. The van der Waals surface area contributed by atoms with E-state index in [1.807, 2.05) is 5.20 Å². The van der Waals surface area contributed by atoms with Crippen LogP contribution in [0.4, 0.5) is 0 Å². The lowest BCUT2D eigenvalue weighted by atomic mass is 10.1. The van der Waals surface area contributed by atoms with Gasteiger partial charge < -0.3 is 4.66 Å². The summed E-state index contributed by atoms with van der Waals surface area (Å²) in [6.07, 6.45) is 18.5. The zero-order valence-corrected chi connectivity index (χ0v) is 21.1. The molecule has 1 nitrogen and oxygen atoms in total. The lowest BCUT2D eigenvalue weighted by Gasteiger charge is -2.38. The van der Waals surface area contributed by atoms with Crippen molar-refractivity contribution in [3.05, 3.63) is 10.8 Å². The topological polar surface area (TPSA) is 12.4 Å². The van der Waals surface area contributed by atoms with Gasteiger partial charge in [-0.1, -0.05) is 109 Å². The minimum atomic E-state index is -1.29. The molecule has 0 aliphatic carbocycles. The van der Waals surface area contributed by atoms with Crippen LogP contribution in [0.1, 0.15) is 111 Å². The number of nitrogens with zero attached hydrogens (tertiary/aromatic N) is 1. The third kappa shape index (κ3) is 7.46. The van der Waals surface area contributed by atoms with Crippen LogP contribution in [-0.2, 0) is 0 Å². The van der Waals surface area contributed by atoms with Crippen LogP contribution < -0.4 is 0 Å². The standard InChI is InChI=1S/C23H47NSi2/c1-7-9-11-13-15-17-19-23-21(3)22(4)24-25(5)26(23,6)20-18-16-14-12-10-8-2/h25H,7-20H2,1-6H3. The van der Waals surface area contributed by atoms with E-state index in [1.54, 1.807) is 5.57 Å². The second kappa shape index (κ2) is 13.1. The van der Waals surface area contributed by atoms with Crippen molar-refractivity contribution in [2.45, 2.75) is 130 Å². The third-order valence-corrected chi connectivity index (χ3v) is 20.7. The van der Waals surface area contributed by atoms with Gasteiger partial charge in [0.05, 0.1) is 7.59 Å². The van der Waals surface area contributed by atoms with Crippen LogP contribution in [0.3, 0.4) is 0 Å². The molecule has 0 N–H and O–H groups in total. The van der Waals surface area contributed by atoms with Crippen molar-refractivity contribution in [2.24, 2.45) is 4.66 Å². The number of hydrogen-bond acceptors (Lipinski definition) is 1. The average molecular weight is 394 g/mol. The molecule has 0 fully saturated rings. The Morgan fingerprint density at radius 3 is 1.85 bits per heavy atom. The molecule has 0 amide bonds. The van der Waals surface area contributed by atoms with Crippen LogP contribution in [-0.4, -0.2) is 21.8 Å². The molecule has 152 valence electrons. The summed E-state index contributed by atoms with van der Waals surface area (Å²) in [4.78, 5) is 0. The van der Waals surface area contributed by atoms with Crippen LogP contribution in [0.2, 0.25) is 19.1 Å². The molecular weight excluding hydrogens is 346 g/mol. The highest BCUT2D eigenvalue weighted by molar-refractivity contribution is 7.35. The maximum absolute atomic E-state index is 5.22. The van der Waals surface area contributed by atoms with Gasteiger partial charge in [-0.25, -0.2) is 0 Å². The second-order valence-corrected chi connectivity index (χ2v) is 20.8. The Morgan fingerprint density at radius 2 is 1.27 bits per heavy atom. The fourth-order valence-electron chi connectivity index (χ4n) is 4.62. The average Bonchev–Trinajstić information content (AvgIpc) is 2.62. The molecule has 2 atom stereocenters. The predicted octanol–water partition coefficient (Wildman–Crippen LogP) is 7.94. The molecule has 0 saturated carbocycles. The Balaban J connectivity index is 2.60. The molecule has 0 aromatic rings. The summed E-state index contributed by atoms with van der Waals surface area (Å²) in [5.74, 6) is 0. The van der Waals surface area contributed by atoms with E-state index in [1.165, 1.54) is 95.2 Å². The maximum atomic E-state index is 5.22. The second-order valence-electron chi connectivity index (χ2n) is 8.95. The number of unbranched alkanes of at least 4 members (excludes halogenated alkanes) is 10. The van der Waals surface area contributed by atoms with Crippen molar-refractivity contribution in [2.75, 3.05) is 0 Å². The van der Waals surface area contributed by atoms with Crippen LogP contribution >= 0.6 is 0 Å². The van der Waals surface area contributed by atoms with Gasteiger partial charge in [0.15, 0.2) is 8.48 Å². The normalized spacial score (nSPS) is 23.5. The number of hydrogen-bond donors (Lipinski definition) is 0. The molecule has 0 bridgehead atoms. The Kier molecular flexibility index (Phi) is 12.0. The quantitative estimate of drug-likeness (QED) is 0.210. The molecule has 0 spiro atoms. The molecular formula is C23H47NSi2. The summed E-state index contributed by atoms with van der Waals surface area (Å²) in [6.45, 7) is 14.6. The van der Waals surface area contributed by atoms with Crippen molar-refractivity contribution in [1.82, 2.24) is 0 Å². The zero-order valence-electron chi connectivity index (χ0n) is 18.9. The maximum Gasteiger partial charge on any atom is 0.157 e. The predicted molar refractivity (Wildman–Crippen MR) is 127 cm³/mol. The van der Waals surface area contributed by atoms with Crippen LogP contribution in [0.5, 0.6) is 0 Å². The molecule has 0 radical (unpaired) electrons. The molecule has 3 heteroatoms. The van der Waals surface area contributed by atoms with Gasteiger partial charge in [0, 0.05) is 5.71 Å². The van der Waals surface area contributed by atoms with E-state index in [-0.39, 0.29) is 0 Å². The van der Waals surface area contributed by atoms with E-state index < -0.39 is 16.1 Å². The molecule has 1 aliphatic heterocycles. The summed E-state index contributed by atoms with van der Waals surface area (Å²) >= 11 is 0. The summed E-state index contributed by atoms with van der Waals surface area (Å²) < 4.78 is 5.22. The van der Waals surface area contributed by atoms with Crippen molar-refractivity contribution >= 4 is 21.8 Å². The smallest absolute Gasteiger partial charge is 0.157 e. The molecule has 0 aromatic heterocycles. The van der Waals surface area contributed by atoms with Crippen molar-refractivity contribution in [3.63, 3.8) is 0 Å². The van der Waals surface area contributed by atoms with Crippen molar-refractivity contribution in [3.8, 4) is 0 Å². The molecule has 1 rings (SSSR count). The highest BCUT2D eigenvalue weighted by Gasteiger charge is 2.41. The summed E-state index contributed by atoms with van der Waals surface area (Å²) in [6, 6.07) is 1.52. The first-order valence-corrected chi connectivity index (χ1v) is 17.9. The summed E-state index contributed by atoms with van der Waals surface area (Å²) in [5.41, 5.74) is 2.99. The minimum absolute atomic E-state index is 0.945. The van der Waals surface area contributed by atoms with E-state index in [0.29, 0.717) is 0 Å². The van der Waals surface area contributed by atoms with Gasteiger partial charge in [0.1, 0.15) is 0 Å². The first kappa shape index (κ1) is 23.9. The van der Waals surface area contributed by atoms with Gasteiger partial charge in [-0.2, -0.15) is 0 Å². The van der Waals surface area contributed by atoms with E-state index in [4.69, 9.17) is 4.66 Å². The van der Waals surface area contributed by atoms with E-state index in [2.05, 4.69) is 40.8 Å². The van der Waals surface area contributed by atoms with Crippen LogP contribution in [0, 0.1) is 0 Å². The van der Waals surface area contributed by atoms with Gasteiger partial charge in [0.2, 0.25) is 0 Å². The van der Waals surface area contributed by atoms with Gasteiger partial charge >= 0.3 is 0 Å². The van der Waals surface area contributed by atoms with E-state index >= 15 is 0 Å². The molecule has 1 aliphatic rings. The number of allylic oxidation sites excluding steroid dienone is 2. The monoisotopic (exact) mass is 393 g/mol. The lowest BCUT2D eigenvalue weighted by Crippen LogP contribution is -2.51. The molecule has 26 heavy (non-hydrogen) atoms. The molecule has 0 saturated heterocycles. The van der Waals surface area contributed by atoms with Gasteiger partial charge in [-0.3, -0.25) is 0 Å². The minimum Gasteiger partial charge on any atom is -0.332 e. The lowest BCUT2D eigenvalue weighted by molar-refractivity contribution is 0.608. The Bertz CT molecular complexity index is 455. The SMILES string of the molecule is CCCCCCCCC1=C(C)C(C)=N[SiH](C)[Si]1(C)CCCCCCCC. The fourth-order valence-corrected chi connectivity index (χ4v) is 15.6. The first-order valence-electron chi connectivity index (χ1n) is 11.7. The molecule has 0 aromatic carbocycles. The highest BCUT2D eigenvalue weighted by Crippen LogP contribution is 2.35. The number of rotatable bonds is 14. The van der Waals surface area contributed by atoms with Crippen molar-refractivity contribution in [1.29, 1.82) is 0 Å². The Morgan fingerprint density at radius 1 is 0.769 bits per heavy atom. The third-order valence-electron chi connectivity index (χ3n) is 6.82.